The SMILES string of the molecule is CC(Oc1ccc(CN)cc1)C(C)(C)C. The van der Waals surface area contributed by atoms with Crippen LogP contribution in [0.3, 0.4) is 0 Å². The maximum absolute atomic E-state index is 5.84. The van der Waals surface area contributed by atoms with Crippen LogP contribution in [0.1, 0.15) is 33.3 Å². The molecule has 1 rings (SSSR count). The van der Waals surface area contributed by atoms with E-state index in [1.54, 1.807) is 0 Å². The van der Waals surface area contributed by atoms with E-state index in [2.05, 4.69) is 27.7 Å². The van der Waals surface area contributed by atoms with Gasteiger partial charge in [0.25, 0.3) is 0 Å². The number of rotatable bonds is 3. The Bertz CT molecular complexity index is 297. The van der Waals surface area contributed by atoms with Gasteiger partial charge in [-0.05, 0) is 30.0 Å². The molecule has 1 unspecified atom stereocenters. The van der Waals surface area contributed by atoms with Crippen LogP contribution >= 0.6 is 0 Å². The van der Waals surface area contributed by atoms with Crippen LogP contribution in [0.5, 0.6) is 5.75 Å². The molecule has 0 spiro atoms. The summed E-state index contributed by atoms with van der Waals surface area (Å²) < 4.78 is 5.84. The molecule has 0 aliphatic rings. The van der Waals surface area contributed by atoms with Gasteiger partial charge in [-0.25, -0.2) is 0 Å². The standard InChI is InChI=1S/C13H21NO/c1-10(13(2,3)4)15-12-7-5-11(9-14)6-8-12/h5-8,10H,9,14H2,1-4H3. The first-order valence-corrected chi connectivity index (χ1v) is 5.39. The molecule has 1 aromatic carbocycles. The van der Waals surface area contributed by atoms with Crippen LogP contribution < -0.4 is 10.5 Å². The molecule has 0 bridgehead atoms. The Kier molecular flexibility index (Phi) is 3.75. The van der Waals surface area contributed by atoms with E-state index in [0.29, 0.717) is 6.54 Å². The topological polar surface area (TPSA) is 35.2 Å². The number of hydrogen-bond donors (Lipinski definition) is 1. The van der Waals surface area contributed by atoms with Crippen molar-refractivity contribution in [2.24, 2.45) is 11.1 Å². The number of ether oxygens (including phenoxy) is 1. The molecular formula is C13H21NO. The summed E-state index contributed by atoms with van der Waals surface area (Å²) in [6, 6.07) is 7.96. The monoisotopic (exact) mass is 207 g/mol. The molecular weight excluding hydrogens is 186 g/mol. The summed E-state index contributed by atoms with van der Waals surface area (Å²) in [5.74, 6) is 0.912. The molecule has 0 heterocycles. The van der Waals surface area contributed by atoms with E-state index in [4.69, 9.17) is 10.5 Å². The molecule has 15 heavy (non-hydrogen) atoms. The van der Waals surface area contributed by atoms with E-state index in [1.807, 2.05) is 24.3 Å². The predicted molar refractivity (Wildman–Crippen MR) is 63.9 cm³/mol. The van der Waals surface area contributed by atoms with Gasteiger partial charge in [-0.2, -0.15) is 0 Å². The zero-order valence-corrected chi connectivity index (χ0v) is 10.1. The van der Waals surface area contributed by atoms with Gasteiger partial charge in [0.2, 0.25) is 0 Å². The molecule has 84 valence electrons. The van der Waals surface area contributed by atoms with E-state index >= 15 is 0 Å². The molecule has 0 amide bonds. The second kappa shape index (κ2) is 4.67. The lowest BCUT2D eigenvalue weighted by molar-refractivity contribution is 0.103. The van der Waals surface area contributed by atoms with Crippen molar-refractivity contribution in [1.29, 1.82) is 0 Å². The fourth-order valence-corrected chi connectivity index (χ4v) is 1.09. The van der Waals surface area contributed by atoms with E-state index in [0.717, 1.165) is 11.3 Å². The van der Waals surface area contributed by atoms with E-state index < -0.39 is 0 Å². The Balaban J connectivity index is 2.65. The smallest absolute Gasteiger partial charge is 0.119 e. The molecule has 1 aromatic rings. The quantitative estimate of drug-likeness (QED) is 0.827. The van der Waals surface area contributed by atoms with Gasteiger partial charge in [0, 0.05) is 6.54 Å². The number of nitrogens with two attached hydrogens (primary N) is 1. The van der Waals surface area contributed by atoms with Crippen LogP contribution in [0.4, 0.5) is 0 Å². The largest absolute Gasteiger partial charge is 0.490 e. The second-order valence-corrected chi connectivity index (χ2v) is 4.97. The van der Waals surface area contributed by atoms with E-state index in [1.165, 1.54) is 0 Å². The maximum atomic E-state index is 5.84. The van der Waals surface area contributed by atoms with Gasteiger partial charge < -0.3 is 10.5 Å². The average Bonchev–Trinajstić information content (AvgIpc) is 2.17. The third-order valence-corrected chi connectivity index (χ3v) is 2.69. The lowest BCUT2D eigenvalue weighted by Gasteiger charge is -2.27. The van der Waals surface area contributed by atoms with Crippen LogP contribution in [0.25, 0.3) is 0 Å². The molecule has 2 N–H and O–H groups in total. The number of benzene rings is 1. The van der Waals surface area contributed by atoms with Gasteiger partial charge in [-0.1, -0.05) is 32.9 Å². The van der Waals surface area contributed by atoms with Gasteiger partial charge in [0.15, 0.2) is 0 Å². The molecule has 2 nitrogen and oxygen atoms in total. The fourth-order valence-electron chi connectivity index (χ4n) is 1.09. The number of hydrogen-bond acceptors (Lipinski definition) is 2. The van der Waals surface area contributed by atoms with Crippen molar-refractivity contribution in [3.63, 3.8) is 0 Å². The minimum atomic E-state index is 0.159. The summed E-state index contributed by atoms with van der Waals surface area (Å²) >= 11 is 0. The summed E-state index contributed by atoms with van der Waals surface area (Å²) in [5.41, 5.74) is 6.82. The van der Waals surface area contributed by atoms with Crippen molar-refractivity contribution in [2.45, 2.75) is 40.3 Å². The Morgan fingerprint density at radius 1 is 1.20 bits per heavy atom. The van der Waals surface area contributed by atoms with Crippen molar-refractivity contribution < 1.29 is 4.74 Å². The van der Waals surface area contributed by atoms with Crippen molar-refractivity contribution >= 4 is 0 Å². The van der Waals surface area contributed by atoms with Gasteiger partial charge in [-0.15, -0.1) is 0 Å². The molecule has 0 saturated carbocycles. The summed E-state index contributed by atoms with van der Waals surface area (Å²) in [7, 11) is 0. The van der Waals surface area contributed by atoms with E-state index in [-0.39, 0.29) is 11.5 Å². The predicted octanol–water partition coefficient (Wildman–Crippen LogP) is 2.96. The highest BCUT2D eigenvalue weighted by atomic mass is 16.5. The van der Waals surface area contributed by atoms with Crippen molar-refractivity contribution in [3.8, 4) is 5.75 Å². The van der Waals surface area contributed by atoms with Gasteiger partial charge in [-0.3, -0.25) is 0 Å². The molecule has 0 aromatic heterocycles. The van der Waals surface area contributed by atoms with Crippen LogP contribution in [0.2, 0.25) is 0 Å². The van der Waals surface area contributed by atoms with Crippen molar-refractivity contribution in [2.75, 3.05) is 0 Å². The fraction of sp³-hybridized carbons (Fsp3) is 0.538. The first kappa shape index (κ1) is 12.1. The maximum Gasteiger partial charge on any atom is 0.119 e. The zero-order valence-electron chi connectivity index (χ0n) is 10.1. The average molecular weight is 207 g/mol. The van der Waals surface area contributed by atoms with Gasteiger partial charge in [0.05, 0.1) is 0 Å². The lowest BCUT2D eigenvalue weighted by atomic mass is 9.90. The van der Waals surface area contributed by atoms with E-state index in [9.17, 15) is 0 Å². The van der Waals surface area contributed by atoms with Gasteiger partial charge >= 0.3 is 0 Å². The Morgan fingerprint density at radius 3 is 2.13 bits per heavy atom. The molecule has 0 fully saturated rings. The first-order valence-electron chi connectivity index (χ1n) is 5.39. The Hall–Kier alpha value is -1.02. The van der Waals surface area contributed by atoms with Crippen LogP contribution in [-0.4, -0.2) is 6.10 Å². The molecule has 0 saturated heterocycles. The highest BCUT2D eigenvalue weighted by Gasteiger charge is 2.21. The zero-order chi connectivity index (χ0) is 11.5. The van der Waals surface area contributed by atoms with Crippen molar-refractivity contribution in [3.05, 3.63) is 29.8 Å². The highest BCUT2D eigenvalue weighted by molar-refractivity contribution is 5.27. The molecule has 1 atom stereocenters. The molecule has 0 radical (unpaired) electrons. The molecule has 0 aliphatic heterocycles. The third-order valence-electron chi connectivity index (χ3n) is 2.69. The van der Waals surface area contributed by atoms with Crippen molar-refractivity contribution in [1.82, 2.24) is 0 Å². The van der Waals surface area contributed by atoms with Crippen LogP contribution in [0.15, 0.2) is 24.3 Å². The summed E-state index contributed by atoms with van der Waals surface area (Å²) in [6.07, 6.45) is 0.196. The summed E-state index contributed by atoms with van der Waals surface area (Å²) in [6.45, 7) is 9.19. The summed E-state index contributed by atoms with van der Waals surface area (Å²) in [4.78, 5) is 0. The van der Waals surface area contributed by atoms with Crippen LogP contribution in [0, 0.1) is 5.41 Å². The Labute approximate surface area is 92.4 Å². The third kappa shape index (κ3) is 3.56. The van der Waals surface area contributed by atoms with Gasteiger partial charge in [0.1, 0.15) is 11.9 Å². The minimum absolute atomic E-state index is 0.159. The Morgan fingerprint density at radius 2 is 1.73 bits per heavy atom. The lowest BCUT2D eigenvalue weighted by Crippen LogP contribution is -2.28. The molecule has 0 aliphatic carbocycles. The highest BCUT2D eigenvalue weighted by Crippen LogP contribution is 2.24. The summed E-state index contributed by atoms with van der Waals surface area (Å²) in [5, 5.41) is 0. The first-order chi connectivity index (χ1) is 6.93. The minimum Gasteiger partial charge on any atom is -0.490 e. The normalized spacial score (nSPS) is 13.7. The van der Waals surface area contributed by atoms with Crippen LogP contribution in [-0.2, 0) is 6.54 Å². The molecule has 2 heteroatoms. The second-order valence-electron chi connectivity index (χ2n) is 4.97.